The first-order valence-electron chi connectivity index (χ1n) is 10.9. The molecule has 0 bridgehead atoms. The number of likely N-dealkylation sites (tertiary alicyclic amines) is 2. The van der Waals surface area contributed by atoms with E-state index in [1.807, 2.05) is 30.3 Å². The highest BCUT2D eigenvalue weighted by Crippen LogP contribution is 2.59. The summed E-state index contributed by atoms with van der Waals surface area (Å²) in [6.07, 6.45) is 7.74. The van der Waals surface area contributed by atoms with E-state index in [2.05, 4.69) is 40.1 Å². The molecule has 3 nitrogen and oxygen atoms in total. The van der Waals surface area contributed by atoms with Gasteiger partial charge in [0.1, 0.15) is 0 Å². The second-order valence-electron chi connectivity index (χ2n) is 8.94. The van der Waals surface area contributed by atoms with Gasteiger partial charge < -0.3 is 4.90 Å². The Kier molecular flexibility index (Phi) is 4.72. The Balaban J connectivity index is 1.28. The topological polar surface area (TPSA) is 23.6 Å². The van der Waals surface area contributed by atoms with Crippen LogP contribution in [0.1, 0.15) is 60.5 Å². The number of carbonyl (C=O) groups excluding carboxylic acids is 1. The molecule has 2 aliphatic heterocycles. The van der Waals surface area contributed by atoms with Crippen molar-refractivity contribution in [1.82, 2.24) is 9.80 Å². The Hall–Kier alpha value is -2.13. The minimum Gasteiger partial charge on any atom is -0.339 e. The Morgan fingerprint density at radius 1 is 0.857 bits per heavy atom. The van der Waals surface area contributed by atoms with Crippen molar-refractivity contribution in [2.45, 2.75) is 50.6 Å². The molecule has 1 saturated carbocycles. The van der Waals surface area contributed by atoms with Crippen LogP contribution < -0.4 is 0 Å². The third-order valence-electron chi connectivity index (χ3n) is 7.37. The lowest BCUT2D eigenvalue weighted by Crippen LogP contribution is -2.62. The fourth-order valence-electron chi connectivity index (χ4n) is 5.98. The van der Waals surface area contributed by atoms with Crippen LogP contribution in [-0.2, 0) is 0 Å². The molecule has 2 saturated heterocycles. The number of amides is 1. The molecule has 1 aliphatic carbocycles. The van der Waals surface area contributed by atoms with Gasteiger partial charge in [0.2, 0.25) is 0 Å². The van der Waals surface area contributed by atoms with Gasteiger partial charge >= 0.3 is 0 Å². The summed E-state index contributed by atoms with van der Waals surface area (Å²) in [6, 6.07) is 22.1. The van der Waals surface area contributed by atoms with Crippen LogP contribution in [0.4, 0.5) is 0 Å². The molecule has 5 rings (SSSR count). The van der Waals surface area contributed by atoms with Gasteiger partial charge in [0.25, 0.3) is 5.91 Å². The third-order valence-corrected chi connectivity index (χ3v) is 7.37. The highest BCUT2D eigenvalue weighted by atomic mass is 16.2. The first-order valence-corrected chi connectivity index (χ1v) is 10.9. The molecule has 28 heavy (non-hydrogen) atoms. The summed E-state index contributed by atoms with van der Waals surface area (Å²) in [5.74, 6) is 0.189. The molecule has 1 atom stereocenters. The predicted molar refractivity (Wildman–Crippen MR) is 112 cm³/mol. The molecule has 1 spiro atoms. The molecule has 2 aromatic rings. The summed E-state index contributed by atoms with van der Waals surface area (Å²) in [5, 5.41) is 0. The Morgan fingerprint density at radius 2 is 1.46 bits per heavy atom. The van der Waals surface area contributed by atoms with E-state index in [9.17, 15) is 4.79 Å². The zero-order chi connectivity index (χ0) is 19.0. The number of rotatable bonds is 3. The van der Waals surface area contributed by atoms with Crippen molar-refractivity contribution in [1.29, 1.82) is 0 Å². The summed E-state index contributed by atoms with van der Waals surface area (Å²) in [6.45, 7) is 3.01. The molecule has 146 valence electrons. The van der Waals surface area contributed by atoms with E-state index in [-0.39, 0.29) is 5.91 Å². The number of hydrogen-bond acceptors (Lipinski definition) is 2. The molecule has 0 radical (unpaired) electrons. The third kappa shape index (κ3) is 3.06. The molecular weight excluding hydrogens is 344 g/mol. The molecule has 3 heteroatoms. The number of carbonyl (C=O) groups is 1. The summed E-state index contributed by atoms with van der Waals surface area (Å²) in [4.78, 5) is 17.6. The lowest BCUT2D eigenvalue weighted by Gasteiger charge is -2.60. The van der Waals surface area contributed by atoms with Gasteiger partial charge in [0.15, 0.2) is 0 Å². The van der Waals surface area contributed by atoms with E-state index >= 15 is 0 Å². The van der Waals surface area contributed by atoms with Gasteiger partial charge in [-0.2, -0.15) is 0 Å². The van der Waals surface area contributed by atoms with E-state index in [1.165, 1.54) is 37.8 Å². The van der Waals surface area contributed by atoms with E-state index < -0.39 is 0 Å². The molecule has 0 aromatic heterocycles. The van der Waals surface area contributed by atoms with Gasteiger partial charge in [0.05, 0.1) is 0 Å². The first-order chi connectivity index (χ1) is 13.8. The normalized spacial score (nSPS) is 25.0. The second kappa shape index (κ2) is 7.36. The van der Waals surface area contributed by atoms with Gasteiger partial charge in [-0.15, -0.1) is 0 Å². The van der Waals surface area contributed by atoms with E-state index in [4.69, 9.17) is 0 Å². The maximum Gasteiger partial charge on any atom is 0.253 e. The fourth-order valence-corrected chi connectivity index (χ4v) is 5.98. The minimum absolute atomic E-state index is 0.189. The van der Waals surface area contributed by atoms with Crippen LogP contribution in [0.15, 0.2) is 60.7 Å². The number of piperidine rings is 1. The lowest BCUT2D eigenvalue weighted by atomic mass is 9.66. The molecule has 3 aliphatic rings. The SMILES string of the molecule is O=C(c1ccccc1)N1CCC(N2CC3(CCCC3)[C@H]2c2ccccc2)CC1. The Bertz CT molecular complexity index is 805. The largest absolute Gasteiger partial charge is 0.339 e. The van der Waals surface area contributed by atoms with Crippen molar-refractivity contribution < 1.29 is 4.79 Å². The maximum absolute atomic E-state index is 12.8. The van der Waals surface area contributed by atoms with Gasteiger partial charge in [-0.3, -0.25) is 9.69 Å². The molecule has 3 fully saturated rings. The molecule has 1 amide bonds. The van der Waals surface area contributed by atoms with Gasteiger partial charge in [0, 0.05) is 42.7 Å². The molecule has 0 N–H and O–H groups in total. The van der Waals surface area contributed by atoms with E-state index in [1.54, 1.807) is 0 Å². The van der Waals surface area contributed by atoms with Crippen LogP contribution >= 0.6 is 0 Å². The van der Waals surface area contributed by atoms with E-state index in [0.29, 0.717) is 17.5 Å². The van der Waals surface area contributed by atoms with Crippen LogP contribution in [0.25, 0.3) is 0 Å². The van der Waals surface area contributed by atoms with Gasteiger partial charge in [-0.05, 0) is 43.4 Å². The average Bonchev–Trinajstić information content (AvgIpc) is 3.25. The maximum atomic E-state index is 12.8. The van der Waals surface area contributed by atoms with Crippen LogP contribution in [-0.4, -0.2) is 41.4 Å². The summed E-state index contributed by atoms with van der Waals surface area (Å²) in [7, 11) is 0. The van der Waals surface area contributed by atoms with Crippen molar-refractivity contribution in [2.24, 2.45) is 5.41 Å². The monoisotopic (exact) mass is 374 g/mol. The fraction of sp³-hybridized carbons (Fsp3) is 0.480. The molecule has 2 heterocycles. The van der Waals surface area contributed by atoms with Crippen LogP contribution in [0.2, 0.25) is 0 Å². The zero-order valence-corrected chi connectivity index (χ0v) is 16.6. The summed E-state index contributed by atoms with van der Waals surface area (Å²) >= 11 is 0. The molecular formula is C25H30N2O. The first kappa shape index (κ1) is 17.9. The van der Waals surface area contributed by atoms with Crippen LogP contribution in [0, 0.1) is 5.41 Å². The minimum atomic E-state index is 0.189. The summed E-state index contributed by atoms with van der Waals surface area (Å²) < 4.78 is 0. The van der Waals surface area contributed by atoms with Crippen molar-refractivity contribution in [3.05, 3.63) is 71.8 Å². The van der Waals surface area contributed by atoms with Gasteiger partial charge in [-0.25, -0.2) is 0 Å². The van der Waals surface area contributed by atoms with Crippen LogP contribution in [0.5, 0.6) is 0 Å². The Labute approximate surface area is 168 Å². The van der Waals surface area contributed by atoms with Crippen molar-refractivity contribution in [2.75, 3.05) is 19.6 Å². The van der Waals surface area contributed by atoms with Crippen molar-refractivity contribution in [3.8, 4) is 0 Å². The summed E-state index contributed by atoms with van der Waals surface area (Å²) in [5.41, 5.74) is 2.83. The Morgan fingerprint density at radius 3 is 2.11 bits per heavy atom. The zero-order valence-electron chi connectivity index (χ0n) is 16.6. The second-order valence-corrected chi connectivity index (χ2v) is 8.94. The average molecular weight is 375 g/mol. The predicted octanol–water partition coefficient (Wildman–Crippen LogP) is 4.91. The molecule has 0 unspecified atom stereocenters. The van der Waals surface area contributed by atoms with Crippen molar-refractivity contribution >= 4 is 5.91 Å². The van der Waals surface area contributed by atoms with Crippen molar-refractivity contribution in [3.63, 3.8) is 0 Å². The highest BCUT2D eigenvalue weighted by Gasteiger charge is 2.55. The molecule has 2 aromatic carbocycles. The number of hydrogen-bond donors (Lipinski definition) is 0. The van der Waals surface area contributed by atoms with Gasteiger partial charge in [-0.1, -0.05) is 61.4 Å². The standard InChI is InChI=1S/C25H30N2O/c28-24(21-11-5-2-6-12-21)26-17-13-22(14-18-26)27-19-25(15-7-8-16-25)23(27)20-9-3-1-4-10-20/h1-6,9-12,22-23H,7-8,13-19H2/t23-/m1/s1. The smallest absolute Gasteiger partial charge is 0.253 e. The van der Waals surface area contributed by atoms with E-state index in [0.717, 1.165) is 31.5 Å². The number of nitrogens with zero attached hydrogens (tertiary/aromatic N) is 2. The highest BCUT2D eigenvalue weighted by molar-refractivity contribution is 5.94. The number of benzene rings is 2. The van der Waals surface area contributed by atoms with Crippen LogP contribution in [0.3, 0.4) is 0 Å². The quantitative estimate of drug-likeness (QED) is 0.762. The lowest BCUT2D eigenvalue weighted by molar-refractivity contribution is -0.111.